The summed E-state index contributed by atoms with van der Waals surface area (Å²) in [5.74, 6) is -2.15. The Morgan fingerprint density at radius 2 is 1.65 bits per heavy atom. The van der Waals surface area contributed by atoms with Crippen molar-refractivity contribution in [3.05, 3.63) is 41.4 Å². The summed E-state index contributed by atoms with van der Waals surface area (Å²) in [6.45, 7) is 4.02. The lowest BCUT2D eigenvalue weighted by Crippen LogP contribution is -2.52. The smallest absolute Gasteiger partial charge is 0.303 e. The molecule has 10 nitrogen and oxygen atoms in total. The SMILES string of the molecule is CC(=O)OC1CCC[C](NC(=O)[C@H](C)NC(=O)c2ccc(C(=N)N)cc2)C1OC(C)=O. The number of nitrogens with one attached hydrogen (secondary N) is 3. The second-order valence-corrected chi connectivity index (χ2v) is 7.27. The average Bonchev–Trinajstić information content (AvgIpc) is 2.69. The van der Waals surface area contributed by atoms with Crippen LogP contribution in [0.3, 0.4) is 0 Å². The molecule has 0 aromatic heterocycles. The van der Waals surface area contributed by atoms with Gasteiger partial charge in [0, 0.05) is 25.0 Å². The second-order valence-electron chi connectivity index (χ2n) is 7.27. The summed E-state index contributed by atoms with van der Waals surface area (Å²) in [6, 6.07) is 5.63. The summed E-state index contributed by atoms with van der Waals surface area (Å²) in [7, 11) is 0. The van der Waals surface area contributed by atoms with E-state index in [1.165, 1.54) is 32.9 Å². The number of carbonyl (C=O) groups is 4. The molecule has 0 spiro atoms. The van der Waals surface area contributed by atoms with Crippen molar-refractivity contribution in [3.63, 3.8) is 0 Å². The number of nitrogens with two attached hydrogens (primary N) is 1. The van der Waals surface area contributed by atoms with E-state index in [9.17, 15) is 19.2 Å². The number of carbonyl (C=O) groups excluding carboxylic acids is 4. The molecule has 1 aromatic rings. The molecule has 167 valence electrons. The van der Waals surface area contributed by atoms with Crippen molar-refractivity contribution in [2.45, 2.75) is 58.3 Å². The molecule has 1 radical (unpaired) electrons. The Labute approximate surface area is 180 Å². The van der Waals surface area contributed by atoms with Gasteiger partial charge in [-0.05, 0) is 38.3 Å². The maximum atomic E-state index is 12.6. The normalized spacial score (nSPS) is 19.6. The Morgan fingerprint density at radius 3 is 2.19 bits per heavy atom. The Bertz CT molecular complexity index is 854. The zero-order valence-corrected chi connectivity index (χ0v) is 17.7. The monoisotopic (exact) mass is 431 g/mol. The van der Waals surface area contributed by atoms with Crippen LogP contribution in [0, 0.1) is 11.5 Å². The summed E-state index contributed by atoms with van der Waals surface area (Å²) >= 11 is 0. The lowest BCUT2D eigenvalue weighted by Gasteiger charge is -2.36. The number of nitrogen functional groups attached to an aromatic ring is 1. The minimum atomic E-state index is -0.889. The molecule has 1 fully saturated rings. The molecule has 0 bridgehead atoms. The van der Waals surface area contributed by atoms with Gasteiger partial charge in [-0.1, -0.05) is 12.1 Å². The van der Waals surface area contributed by atoms with Crippen molar-refractivity contribution >= 4 is 29.6 Å². The van der Waals surface area contributed by atoms with E-state index in [4.69, 9.17) is 20.6 Å². The quantitative estimate of drug-likeness (QED) is 0.282. The summed E-state index contributed by atoms with van der Waals surface area (Å²) in [5.41, 5.74) is 6.18. The van der Waals surface area contributed by atoms with Gasteiger partial charge in [0.1, 0.15) is 24.0 Å². The molecule has 1 aromatic carbocycles. The van der Waals surface area contributed by atoms with Crippen molar-refractivity contribution in [3.8, 4) is 0 Å². The van der Waals surface area contributed by atoms with Crippen molar-refractivity contribution in [2.75, 3.05) is 0 Å². The van der Waals surface area contributed by atoms with E-state index in [0.29, 0.717) is 36.4 Å². The molecule has 0 saturated heterocycles. The number of esters is 2. The Morgan fingerprint density at radius 1 is 1.06 bits per heavy atom. The molecule has 10 heteroatoms. The van der Waals surface area contributed by atoms with Crippen molar-refractivity contribution in [2.24, 2.45) is 5.73 Å². The highest BCUT2D eigenvalue weighted by atomic mass is 16.6. The summed E-state index contributed by atoms with van der Waals surface area (Å²) in [4.78, 5) is 47.9. The third-order valence-corrected chi connectivity index (χ3v) is 4.71. The molecule has 0 heterocycles. The maximum Gasteiger partial charge on any atom is 0.303 e. The Balaban J connectivity index is 2.02. The van der Waals surface area contributed by atoms with Gasteiger partial charge in [0.2, 0.25) is 5.91 Å². The van der Waals surface area contributed by atoms with Crippen molar-refractivity contribution in [1.29, 1.82) is 5.41 Å². The van der Waals surface area contributed by atoms with Crippen LogP contribution in [0.5, 0.6) is 0 Å². The zero-order valence-electron chi connectivity index (χ0n) is 17.7. The van der Waals surface area contributed by atoms with E-state index in [-0.39, 0.29) is 5.84 Å². The molecule has 1 aliphatic rings. The highest BCUT2D eigenvalue weighted by molar-refractivity contribution is 5.99. The number of rotatable bonds is 7. The summed E-state index contributed by atoms with van der Waals surface area (Å²) < 4.78 is 10.5. The number of benzene rings is 1. The summed E-state index contributed by atoms with van der Waals surface area (Å²) in [5, 5.41) is 12.7. The van der Waals surface area contributed by atoms with E-state index in [2.05, 4.69) is 10.6 Å². The minimum absolute atomic E-state index is 0.112. The van der Waals surface area contributed by atoms with E-state index in [1.54, 1.807) is 12.1 Å². The van der Waals surface area contributed by atoms with Crippen LogP contribution in [-0.2, 0) is 23.9 Å². The third kappa shape index (κ3) is 6.80. The number of amidine groups is 1. The zero-order chi connectivity index (χ0) is 23.1. The standard InChI is InChI=1S/C21H27N4O6/c1-11(24-21(29)15-9-7-14(8-10-15)19(22)23)20(28)25-16-5-4-6-17(30-12(2)26)18(16)31-13(3)27/h7-11,17-18H,4-6H2,1-3H3,(H3,22,23)(H,24,29)(H,25,28)/t11-,17?,18?/m0/s1. The van der Waals surface area contributed by atoms with Crippen LogP contribution in [0.15, 0.2) is 24.3 Å². The molecule has 0 aliphatic heterocycles. The Kier molecular flexibility index (Phi) is 8.12. The molecule has 3 atom stereocenters. The Hall–Kier alpha value is -3.43. The number of hydrogen-bond donors (Lipinski definition) is 4. The van der Waals surface area contributed by atoms with E-state index in [0.717, 1.165) is 0 Å². The van der Waals surface area contributed by atoms with Gasteiger partial charge >= 0.3 is 11.9 Å². The molecular formula is C21H27N4O6. The van der Waals surface area contributed by atoms with Gasteiger partial charge < -0.3 is 25.8 Å². The van der Waals surface area contributed by atoms with Crippen molar-refractivity contribution < 1.29 is 28.7 Å². The second kappa shape index (κ2) is 10.6. The van der Waals surface area contributed by atoms with Gasteiger partial charge in [-0.15, -0.1) is 0 Å². The van der Waals surface area contributed by atoms with Crippen LogP contribution in [0.4, 0.5) is 0 Å². The molecule has 1 aliphatic carbocycles. The molecular weight excluding hydrogens is 404 g/mol. The van der Waals surface area contributed by atoms with E-state index in [1.807, 2.05) is 0 Å². The highest BCUT2D eigenvalue weighted by Gasteiger charge is 2.40. The van der Waals surface area contributed by atoms with Crippen LogP contribution in [0.2, 0.25) is 0 Å². The summed E-state index contributed by atoms with van der Waals surface area (Å²) in [6.07, 6.45) is 0.0130. The minimum Gasteiger partial charge on any atom is -0.459 e. The number of amides is 2. The first-order valence-electron chi connectivity index (χ1n) is 9.84. The predicted octanol–water partition coefficient (Wildman–Crippen LogP) is 0.784. The fraction of sp³-hybridized carbons (Fsp3) is 0.429. The highest BCUT2D eigenvalue weighted by Crippen LogP contribution is 2.29. The van der Waals surface area contributed by atoms with Gasteiger partial charge in [0.05, 0.1) is 0 Å². The fourth-order valence-corrected chi connectivity index (χ4v) is 3.22. The molecule has 2 unspecified atom stereocenters. The number of hydrogen-bond acceptors (Lipinski definition) is 7. The number of ether oxygens (including phenoxy) is 2. The molecule has 5 N–H and O–H groups in total. The molecule has 31 heavy (non-hydrogen) atoms. The first-order valence-corrected chi connectivity index (χ1v) is 9.84. The van der Waals surface area contributed by atoms with Gasteiger partial charge in [-0.2, -0.15) is 0 Å². The first kappa shape index (κ1) is 23.8. The average molecular weight is 431 g/mol. The van der Waals surface area contributed by atoms with Gasteiger partial charge in [-0.3, -0.25) is 24.6 Å². The fourth-order valence-electron chi connectivity index (χ4n) is 3.22. The third-order valence-electron chi connectivity index (χ3n) is 4.71. The van der Waals surface area contributed by atoms with E-state index >= 15 is 0 Å². The molecule has 2 rings (SSSR count). The largest absolute Gasteiger partial charge is 0.459 e. The van der Waals surface area contributed by atoms with Crippen LogP contribution in [0.25, 0.3) is 0 Å². The van der Waals surface area contributed by atoms with Crippen molar-refractivity contribution in [1.82, 2.24) is 10.6 Å². The van der Waals surface area contributed by atoms with Gasteiger partial charge in [0.15, 0.2) is 6.10 Å². The van der Waals surface area contributed by atoms with Gasteiger partial charge in [-0.25, -0.2) is 0 Å². The lowest BCUT2D eigenvalue weighted by molar-refractivity contribution is -0.167. The maximum absolute atomic E-state index is 12.6. The first-order chi connectivity index (χ1) is 14.6. The lowest BCUT2D eigenvalue weighted by atomic mass is 9.89. The van der Waals surface area contributed by atoms with Crippen LogP contribution >= 0.6 is 0 Å². The van der Waals surface area contributed by atoms with Crippen LogP contribution < -0.4 is 16.4 Å². The van der Waals surface area contributed by atoms with Crippen LogP contribution in [0.1, 0.15) is 56.0 Å². The molecule has 1 saturated carbocycles. The predicted molar refractivity (Wildman–Crippen MR) is 111 cm³/mol. The van der Waals surface area contributed by atoms with E-state index < -0.39 is 42.0 Å². The van der Waals surface area contributed by atoms with Gasteiger partial charge in [0.25, 0.3) is 5.91 Å². The molecule has 2 amide bonds. The van der Waals surface area contributed by atoms with Crippen LogP contribution in [-0.4, -0.2) is 47.8 Å². The topological polar surface area (TPSA) is 161 Å².